The molecule has 0 aromatic carbocycles. The van der Waals surface area contributed by atoms with E-state index in [-0.39, 0.29) is 6.61 Å². The summed E-state index contributed by atoms with van der Waals surface area (Å²) in [5.41, 5.74) is 3.71. The molecule has 5 heteroatoms. The molecule has 1 heterocycles. The van der Waals surface area contributed by atoms with Crippen LogP contribution in [-0.2, 0) is 5.75 Å². The number of hydrazine groups is 1. The van der Waals surface area contributed by atoms with E-state index in [2.05, 4.69) is 17.3 Å². The summed E-state index contributed by atoms with van der Waals surface area (Å²) in [7, 11) is 0. The summed E-state index contributed by atoms with van der Waals surface area (Å²) in [6, 6.07) is 3.90. The van der Waals surface area contributed by atoms with Crippen LogP contribution in [0.25, 0.3) is 0 Å². The van der Waals surface area contributed by atoms with Gasteiger partial charge in [-0.1, -0.05) is 6.92 Å². The van der Waals surface area contributed by atoms with Gasteiger partial charge >= 0.3 is 0 Å². The van der Waals surface area contributed by atoms with Crippen molar-refractivity contribution in [1.29, 1.82) is 0 Å². The molecule has 0 bridgehead atoms. The molecule has 84 valence electrons. The molecule has 0 amide bonds. The van der Waals surface area contributed by atoms with Crippen molar-refractivity contribution in [2.24, 2.45) is 5.84 Å². The zero-order chi connectivity index (χ0) is 11.1. The van der Waals surface area contributed by atoms with Crippen molar-refractivity contribution in [1.82, 2.24) is 4.98 Å². The van der Waals surface area contributed by atoms with E-state index in [1.807, 2.05) is 23.9 Å². The highest BCUT2D eigenvalue weighted by atomic mass is 32.2. The molecule has 1 atom stereocenters. The quantitative estimate of drug-likeness (QED) is 0.506. The zero-order valence-electron chi connectivity index (χ0n) is 8.81. The highest BCUT2D eigenvalue weighted by Crippen LogP contribution is 2.20. The Morgan fingerprint density at radius 3 is 3.13 bits per heavy atom. The van der Waals surface area contributed by atoms with E-state index in [9.17, 15) is 0 Å². The number of aliphatic hydroxyl groups excluding tert-OH is 1. The maximum Gasteiger partial charge on any atom is 0.140 e. The van der Waals surface area contributed by atoms with Crippen LogP contribution in [0.5, 0.6) is 0 Å². The molecular weight excluding hydrogens is 210 g/mol. The van der Waals surface area contributed by atoms with Crippen LogP contribution in [0.1, 0.15) is 18.9 Å². The predicted octanol–water partition coefficient (Wildman–Crippen LogP) is 1.37. The number of pyridine rings is 1. The van der Waals surface area contributed by atoms with Crippen molar-refractivity contribution in [3.05, 3.63) is 23.9 Å². The van der Waals surface area contributed by atoms with Crippen molar-refractivity contribution in [2.75, 3.05) is 12.0 Å². The fourth-order valence-corrected chi connectivity index (χ4v) is 2.08. The molecular formula is C10H17N3OS. The fourth-order valence-electron chi connectivity index (χ4n) is 1.15. The van der Waals surface area contributed by atoms with Crippen LogP contribution in [-0.4, -0.2) is 21.9 Å². The second-order valence-corrected chi connectivity index (χ2v) is 4.75. The zero-order valence-corrected chi connectivity index (χ0v) is 9.63. The number of aromatic nitrogens is 1. The Balaban J connectivity index is 2.43. The lowest BCUT2D eigenvalue weighted by molar-refractivity contribution is 0.289. The van der Waals surface area contributed by atoms with E-state index in [1.54, 1.807) is 6.20 Å². The first-order chi connectivity index (χ1) is 7.26. The summed E-state index contributed by atoms with van der Waals surface area (Å²) in [5.74, 6) is 6.87. The van der Waals surface area contributed by atoms with Crippen LogP contribution < -0.4 is 11.3 Å². The topological polar surface area (TPSA) is 71.2 Å². The Morgan fingerprint density at radius 1 is 1.67 bits per heavy atom. The average Bonchev–Trinajstić information content (AvgIpc) is 2.27. The SMILES string of the molecule is CC(CCO)SCc1ccnc(NN)c1. The molecule has 0 saturated heterocycles. The standard InChI is InChI=1S/C10H17N3OS/c1-8(3-5-14)15-7-9-2-4-12-10(6-9)13-11/h2,4,6,8,14H,3,5,7,11H2,1H3,(H,12,13). The van der Waals surface area contributed by atoms with Gasteiger partial charge in [-0.3, -0.25) is 0 Å². The molecule has 1 rings (SSSR count). The van der Waals surface area contributed by atoms with Gasteiger partial charge < -0.3 is 10.5 Å². The molecule has 4 nitrogen and oxygen atoms in total. The number of anilines is 1. The van der Waals surface area contributed by atoms with E-state index in [1.165, 1.54) is 5.56 Å². The van der Waals surface area contributed by atoms with Crippen LogP contribution in [0.3, 0.4) is 0 Å². The molecule has 0 saturated carbocycles. The van der Waals surface area contributed by atoms with E-state index >= 15 is 0 Å². The average molecular weight is 227 g/mol. The summed E-state index contributed by atoms with van der Waals surface area (Å²) >= 11 is 1.82. The van der Waals surface area contributed by atoms with Crippen LogP contribution in [0, 0.1) is 0 Å². The van der Waals surface area contributed by atoms with Crippen molar-refractivity contribution in [3.63, 3.8) is 0 Å². The minimum Gasteiger partial charge on any atom is -0.396 e. The number of rotatable bonds is 6. The second kappa shape index (κ2) is 6.66. The van der Waals surface area contributed by atoms with Gasteiger partial charge in [-0.05, 0) is 24.1 Å². The molecule has 1 aromatic rings. The predicted molar refractivity (Wildman–Crippen MR) is 64.5 cm³/mol. The Hall–Kier alpha value is -0.780. The Morgan fingerprint density at radius 2 is 2.47 bits per heavy atom. The lowest BCUT2D eigenvalue weighted by Crippen LogP contribution is -2.08. The van der Waals surface area contributed by atoms with Crippen LogP contribution in [0.4, 0.5) is 5.82 Å². The minimum absolute atomic E-state index is 0.250. The molecule has 15 heavy (non-hydrogen) atoms. The van der Waals surface area contributed by atoms with Gasteiger partial charge in [0.05, 0.1) is 0 Å². The van der Waals surface area contributed by atoms with Crippen LogP contribution >= 0.6 is 11.8 Å². The van der Waals surface area contributed by atoms with Gasteiger partial charge in [-0.15, -0.1) is 0 Å². The Labute approximate surface area is 94.3 Å². The number of nitrogens with zero attached hydrogens (tertiary/aromatic N) is 1. The van der Waals surface area contributed by atoms with E-state index in [0.717, 1.165) is 12.2 Å². The minimum atomic E-state index is 0.250. The molecule has 0 fully saturated rings. The molecule has 1 unspecified atom stereocenters. The third-order valence-corrected chi connectivity index (χ3v) is 3.35. The molecule has 1 aromatic heterocycles. The van der Waals surface area contributed by atoms with E-state index in [4.69, 9.17) is 10.9 Å². The number of hydrogen-bond donors (Lipinski definition) is 3. The number of aliphatic hydroxyl groups is 1. The first kappa shape index (κ1) is 12.3. The van der Waals surface area contributed by atoms with Crippen molar-refractivity contribution in [3.8, 4) is 0 Å². The molecule has 4 N–H and O–H groups in total. The maximum atomic E-state index is 8.77. The molecule has 0 aliphatic heterocycles. The number of nitrogens with one attached hydrogen (secondary N) is 1. The lowest BCUT2D eigenvalue weighted by Gasteiger charge is -2.09. The van der Waals surface area contributed by atoms with Gasteiger partial charge in [-0.2, -0.15) is 11.8 Å². The lowest BCUT2D eigenvalue weighted by atomic mass is 10.3. The number of thioether (sulfide) groups is 1. The molecule has 0 aliphatic carbocycles. The molecule has 0 radical (unpaired) electrons. The van der Waals surface area contributed by atoms with Crippen molar-refractivity contribution >= 4 is 17.6 Å². The van der Waals surface area contributed by atoms with Crippen molar-refractivity contribution in [2.45, 2.75) is 24.3 Å². The maximum absolute atomic E-state index is 8.77. The Bertz CT molecular complexity index is 296. The van der Waals surface area contributed by atoms with Crippen LogP contribution in [0.15, 0.2) is 18.3 Å². The third kappa shape index (κ3) is 4.51. The summed E-state index contributed by atoms with van der Waals surface area (Å²) in [4.78, 5) is 4.04. The normalized spacial score (nSPS) is 12.5. The van der Waals surface area contributed by atoms with E-state index < -0.39 is 0 Å². The van der Waals surface area contributed by atoms with Crippen LogP contribution in [0.2, 0.25) is 0 Å². The van der Waals surface area contributed by atoms with Gasteiger partial charge in [0, 0.05) is 23.8 Å². The fraction of sp³-hybridized carbons (Fsp3) is 0.500. The Kier molecular flexibility index (Phi) is 5.45. The van der Waals surface area contributed by atoms with Gasteiger partial charge in [0.1, 0.15) is 5.82 Å². The molecule has 0 spiro atoms. The number of nitrogen functional groups attached to an aromatic ring is 1. The monoisotopic (exact) mass is 227 g/mol. The summed E-state index contributed by atoms with van der Waals surface area (Å²) < 4.78 is 0. The van der Waals surface area contributed by atoms with Gasteiger partial charge in [0.15, 0.2) is 0 Å². The largest absolute Gasteiger partial charge is 0.396 e. The van der Waals surface area contributed by atoms with Crippen molar-refractivity contribution < 1.29 is 5.11 Å². The highest BCUT2D eigenvalue weighted by molar-refractivity contribution is 7.99. The second-order valence-electron chi connectivity index (χ2n) is 3.33. The summed E-state index contributed by atoms with van der Waals surface area (Å²) in [6.07, 6.45) is 2.57. The van der Waals surface area contributed by atoms with Gasteiger partial charge in [-0.25, -0.2) is 10.8 Å². The summed E-state index contributed by atoms with van der Waals surface area (Å²) in [5, 5.41) is 9.24. The number of hydrogen-bond acceptors (Lipinski definition) is 5. The molecule has 0 aliphatic rings. The van der Waals surface area contributed by atoms with Gasteiger partial charge in [0.25, 0.3) is 0 Å². The number of nitrogens with two attached hydrogens (primary N) is 1. The van der Waals surface area contributed by atoms with E-state index in [0.29, 0.717) is 11.1 Å². The highest BCUT2D eigenvalue weighted by Gasteiger charge is 2.02. The third-order valence-electron chi connectivity index (χ3n) is 2.04. The van der Waals surface area contributed by atoms with Gasteiger partial charge in [0.2, 0.25) is 0 Å². The smallest absolute Gasteiger partial charge is 0.140 e. The first-order valence-corrected chi connectivity index (χ1v) is 5.95. The summed E-state index contributed by atoms with van der Waals surface area (Å²) in [6.45, 7) is 2.37. The first-order valence-electron chi connectivity index (χ1n) is 4.90.